The summed E-state index contributed by atoms with van der Waals surface area (Å²) in [7, 11) is 1.29. The van der Waals surface area contributed by atoms with Crippen molar-refractivity contribution in [2.75, 3.05) is 26.9 Å². The van der Waals surface area contributed by atoms with Gasteiger partial charge in [0.25, 0.3) is 5.56 Å². The number of hydrogen-bond acceptors (Lipinski definition) is 8. The van der Waals surface area contributed by atoms with Gasteiger partial charge in [0.1, 0.15) is 6.61 Å². The second-order valence-electron chi connectivity index (χ2n) is 8.16. The van der Waals surface area contributed by atoms with Crippen molar-refractivity contribution in [3.8, 4) is 17.2 Å². The van der Waals surface area contributed by atoms with E-state index < -0.39 is 12.0 Å². The summed E-state index contributed by atoms with van der Waals surface area (Å²) in [6.07, 6.45) is 4.79. The molecule has 1 aromatic heterocycles. The number of esters is 1. The highest BCUT2D eigenvalue weighted by atomic mass is 79.9. The number of ether oxygens (including phenoxy) is 4. The van der Waals surface area contributed by atoms with Crippen LogP contribution in [0.4, 0.5) is 0 Å². The van der Waals surface area contributed by atoms with E-state index >= 15 is 0 Å². The van der Waals surface area contributed by atoms with Crippen molar-refractivity contribution in [1.82, 2.24) is 4.57 Å². The minimum atomic E-state index is -0.782. The lowest BCUT2D eigenvalue weighted by atomic mass is 9.97. The Balaban J connectivity index is 1.86. The molecule has 3 aromatic rings. The summed E-state index contributed by atoms with van der Waals surface area (Å²) in [5.41, 5.74) is 1.24. The Morgan fingerprint density at radius 3 is 2.59 bits per heavy atom. The van der Waals surface area contributed by atoms with Gasteiger partial charge in [-0.3, -0.25) is 9.36 Å². The second-order valence-corrected chi connectivity index (χ2v) is 10.4. The van der Waals surface area contributed by atoms with Crippen LogP contribution in [0.25, 0.3) is 6.08 Å². The maximum atomic E-state index is 13.8. The first-order valence-electron chi connectivity index (χ1n) is 12.0. The van der Waals surface area contributed by atoms with E-state index in [9.17, 15) is 9.59 Å². The van der Waals surface area contributed by atoms with Gasteiger partial charge in [0, 0.05) is 6.20 Å². The van der Waals surface area contributed by atoms with Gasteiger partial charge in [-0.05, 0) is 71.2 Å². The molecule has 1 aliphatic rings. The van der Waals surface area contributed by atoms with E-state index in [-0.39, 0.29) is 11.1 Å². The summed E-state index contributed by atoms with van der Waals surface area (Å²) in [5, 5.41) is 0.383. The predicted octanol–water partition coefficient (Wildman–Crippen LogP) is 4.80. The van der Waals surface area contributed by atoms with Crippen LogP contribution >= 0.6 is 38.9 Å². The number of carbonyl (C=O) groups excluding carboxylic acids is 1. The molecule has 204 valence electrons. The van der Waals surface area contributed by atoms with E-state index in [1.165, 1.54) is 29.2 Å². The van der Waals surface area contributed by atoms with Gasteiger partial charge >= 0.3 is 5.97 Å². The number of halogens is 2. The number of aromatic nitrogens is 1. The van der Waals surface area contributed by atoms with Crippen molar-refractivity contribution in [2.45, 2.75) is 19.9 Å². The fraction of sp³-hybridized carbons (Fsp3) is 0.250. The Hall–Kier alpha value is -3.34. The molecule has 0 aliphatic carbocycles. The molecule has 0 amide bonds. The first kappa shape index (κ1) is 28.7. The highest BCUT2D eigenvalue weighted by Gasteiger charge is 2.31. The molecule has 4 rings (SSSR count). The minimum absolute atomic E-state index is 0.220. The Kier molecular flexibility index (Phi) is 9.32. The number of rotatable bonds is 10. The number of carbonyl (C=O) groups is 1. The summed E-state index contributed by atoms with van der Waals surface area (Å²) in [4.78, 5) is 31.4. The van der Waals surface area contributed by atoms with Crippen molar-refractivity contribution >= 4 is 50.9 Å². The van der Waals surface area contributed by atoms with Crippen molar-refractivity contribution in [3.63, 3.8) is 0 Å². The fourth-order valence-electron chi connectivity index (χ4n) is 4.08. The van der Waals surface area contributed by atoms with Crippen LogP contribution in [0.5, 0.6) is 17.2 Å². The van der Waals surface area contributed by atoms with Crippen LogP contribution in [0.15, 0.2) is 69.0 Å². The van der Waals surface area contributed by atoms with Crippen molar-refractivity contribution in [1.29, 1.82) is 0 Å². The topological polar surface area (TPSA) is 88.3 Å². The van der Waals surface area contributed by atoms with E-state index in [0.717, 1.165) is 0 Å². The SMILES string of the molecule is C=CCOc1c(Cl)cc(/C=c2\sc3n(c2=O)[C@@H](c2ccc(OCC)c(OCC)c2)C(C(=O)OC)=CN=3)cc1Br. The summed E-state index contributed by atoms with van der Waals surface area (Å²) in [6, 6.07) is 8.08. The molecule has 0 unspecified atom stereocenters. The van der Waals surface area contributed by atoms with Crippen LogP contribution in [0.1, 0.15) is 31.0 Å². The van der Waals surface area contributed by atoms with Crippen LogP contribution in [0.2, 0.25) is 5.02 Å². The number of thiazole rings is 1. The number of benzene rings is 2. The highest BCUT2D eigenvalue weighted by Crippen LogP contribution is 2.36. The molecule has 0 N–H and O–H groups in total. The molecule has 0 bridgehead atoms. The summed E-state index contributed by atoms with van der Waals surface area (Å²) < 4.78 is 24.7. The lowest BCUT2D eigenvalue weighted by molar-refractivity contribution is -0.136. The van der Waals surface area contributed by atoms with Crippen molar-refractivity contribution in [3.05, 3.63) is 95.1 Å². The molecule has 0 spiro atoms. The quantitative estimate of drug-likeness (QED) is 0.236. The maximum absolute atomic E-state index is 13.8. The van der Waals surface area contributed by atoms with Crippen LogP contribution in [-0.4, -0.2) is 37.5 Å². The molecule has 0 saturated heterocycles. The Morgan fingerprint density at radius 1 is 1.18 bits per heavy atom. The molecule has 1 aliphatic heterocycles. The average molecular weight is 634 g/mol. The van der Waals surface area contributed by atoms with E-state index in [4.69, 9.17) is 30.5 Å². The van der Waals surface area contributed by atoms with Gasteiger partial charge in [-0.1, -0.05) is 41.7 Å². The zero-order chi connectivity index (χ0) is 28.1. The van der Waals surface area contributed by atoms with E-state index in [0.29, 0.717) is 67.0 Å². The lowest BCUT2D eigenvalue weighted by Crippen LogP contribution is -2.39. The first-order valence-corrected chi connectivity index (χ1v) is 14.0. The normalized spacial score (nSPS) is 14.6. The van der Waals surface area contributed by atoms with Crippen molar-refractivity contribution in [2.24, 2.45) is 4.99 Å². The molecule has 0 saturated carbocycles. The zero-order valence-corrected chi connectivity index (χ0v) is 24.7. The van der Waals surface area contributed by atoms with Crippen LogP contribution in [0.3, 0.4) is 0 Å². The van der Waals surface area contributed by atoms with Gasteiger partial charge in [-0.25, -0.2) is 9.79 Å². The maximum Gasteiger partial charge on any atom is 0.337 e. The van der Waals surface area contributed by atoms with Crippen molar-refractivity contribution < 1.29 is 23.7 Å². The Morgan fingerprint density at radius 2 is 1.92 bits per heavy atom. The number of fused-ring (bicyclic) bond motifs is 1. The molecule has 39 heavy (non-hydrogen) atoms. The molecular formula is C28H26BrClN2O6S. The van der Waals surface area contributed by atoms with Gasteiger partial charge in [-0.15, -0.1) is 0 Å². The Labute approximate surface area is 242 Å². The zero-order valence-electron chi connectivity index (χ0n) is 21.5. The number of methoxy groups -OCH3 is 1. The van der Waals surface area contributed by atoms with E-state index in [1.807, 2.05) is 13.8 Å². The van der Waals surface area contributed by atoms with Gasteiger partial charge in [0.2, 0.25) is 0 Å². The smallest absolute Gasteiger partial charge is 0.337 e. The van der Waals surface area contributed by atoms with Gasteiger partial charge in [0.05, 0.1) is 46.0 Å². The molecular weight excluding hydrogens is 608 g/mol. The summed E-state index contributed by atoms with van der Waals surface area (Å²) in [5.74, 6) is 0.981. The largest absolute Gasteiger partial charge is 0.490 e. The molecule has 1 atom stereocenters. The lowest BCUT2D eigenvalue weighted by Gasteiger charge is -2.23. The molecule has 0 radical (unpaired) electrons. The standard InChI is InChI=1S/C28H26BrClN2O6S/c1-5-10-38-25-19(29)11-16(12-20(25)30)13-23-26(33)32-24(18(27(34)35-4)15-31-28(32)39-23)17-8-9-21(36-6-2)22(14-17)37-7-3/h5,8-9,11-15,24H,1,6-7,10H2,2-4H3/b23-13-/t24-/m0/s1. The number of hydrogen-bond donors (Lipinski definition) is 0. The van der Waals surface area contributed by atoms with Crippen LogP contribution in [-0.2, 0) is 9.53 Å². The third-order valence-corrected chi connectivity index (χ3v) is 7.54. The van der Waals surface area contributed by atoms with Crippen LogP contribution < -0.4 is 29.1 Å². The second kappa shape index (κ2) is 12.7. The monoisotopic (exact) mass is 632 g/mol. The molecule has 2 heterocycles. The van der Waals surface area contributed by atoms with E-state index in [2.05, 4.69) is 27.5 Å². The third-order valence-electron chi connectivity index (χ3n) is 5.67. The minimum Gasteiger partial charge on any atom is -0.490 e. The molecule has 0 fully saturated rings. The van der Waals surface area contributed by atoms with Gasteiger partial charge < -0.3 is 18.9 Å². The predicted molar refractivity (Wildman–Crippen MR) is 155 cm³/mol. The molecule has 8 nitrogen and oxygen atoms in total. The summed E-state index contributed by atoms with van der Waals surface area (Å²) in [6.45, 7) is 8.58. The fourth-order valence-corrected chi connectivity index (χ4v) is 6.04. The molecule has 2 aromatic carbocycles. The summed E-state index contributed by atoms with van der Waals surface area (Å²) >= 11 is 11.1. The first-order chi connectivity index (χ1) is 18.8. The number of nitrogens with zero attached hydrogens (tertiary/aromatic N) is 2. The third kappa shape index (κ3) is 5.98. The van der Waals surface area contributed by atoms with Gasteiger partial charge in [-0.2, -0.15) is 0 Å². The van der Waals surface area contributed by atoms with Crippen LogP contribution in [0, 0.1) is 0 Å². The molecule has 11 heteroatoms. The average Bonchev–Trinajstić information content (AvgIpc) is 3.23. The van der Waals surface area contributed by atoms with E-state index in [1.54, 1.807) is 42.5 Å². The van der Waals surface area contributed by atoms with Gasteiger partial charge in [0.15, 0.2) is 22.0 Å². The highest BCUT2D eigenvalue weighted by molar-refractivity contribution is 9.10. The Bertz CT molecular complexity index is 1600.